The molecule has 5 atom stereocenters. The minimum Gasteiger partial charge on any atom is -0.453 e. The fourth-order valence-corrected chi connectivity index (χ4v) is 10.3. The van der Waals surface area contributed by atoms with E-state index in [1.165, 1.54) is 20.3 Å². The molecule has 4 heterocycles. The lowest BCUT2D eigenvalue weighted by Gasteiger charge is -2.31. The van der Waals surface area contributed by atoms with Gasteiger partial charge in [0.2, 0.25) is 11.8 Å². The van der Waals surface area contributed by atoms with E-state index in [9.17, 15) is 19.2 Å². The Balaban J connectivity index is 0.960. The highest BCUT2D eigenvalue weighted by atomic mass is 19.3. The molecular weight excluding hydrogens is 835 g/mol. The van der Waals surface area contributed by atoms with Gasteiger partial charge in [0, 0.05) is 29.8 Å². The predicted octanol–water partition coefficient (Wildman–Crippen LogP) is 8.85. The molecule has 16 heteroatoms. The topological polar surface area (TPSA) is 175 Å². The number of aromatic amines is 2. The molecule has 2 aromatic heterocycles. The third-order valence-corrected chi connectivity index (χ3v) is 14.2. The molecule has 65 heavy (non-hydrogen) atoms. The smallest absolute Gasteiger partial charge is 0.407 e. The number of likely N-dealkylation sites (tertiary alicyclic amines) is 2. The molecule has 1 spiro atoms. The van der Waals surface area contributed by atoms with Crippen LogP contribution < -0.4 is 10.6 Å². The van der Waals surface area contributed by atoms with Gasteiger partial charge in [-0.3, -0.25) is 9.59 Å². The number of aromatic nitrogens is 4. The van der Waals surface area contributed by atoms with E-state index in [4.69, 9.17) is 19.4 Å². The Morgan fingerprint density at radius 2 is 1.38 bits per heavy atom. The summed E-state index contributed by atoms with van der Waals surface area (Å²) >= 11 is 0. The van der Waals surface area contributed by atoms with E-state index in [2.05, 4.69) is 27.5 Å². The quantitative estimate of drug-likeness (QED) is 0.102. The molecule has 5 aromatic rings. The number of methoxy groups -OCH3 is 2. The minimum atomic E-state index is -3.29. The van der Waals surface area contributed by atoms with Gasteiger partial charge in [-0.05, 0) is 95.4 Å². The monoisotopic (exact) mass is 890 g/mol. The van der Waals surface area contributed by atoms with Crippen LogP contribution in [0.25, 0.3) is 44.5 Å². The zero-order valence-corrected chi connectivity index (χ0v) is 37.8. The maximum atomic E-state index is 16.7. The second-order valence-electron chi connectivity index (χ2n) is 19.0. The number of hydrogen-bond acceptors (Lipinski definition) is 8. The summed E-state index contributed by atoms with van der Waals surface area (Å²) in [5.41, 5.74) is 4.61. The van der Waals surface area contributed by atoms with Crippen molar-refractivity contribution in [1.82, 2.24) is 40.4 Å². The molecule has 9 rings (SSSR count). The summed E-state index contributed by atoms with van der Waals surface area (Å²) in [6.07, 6.45) is 4.62. The van der Waals surface area contributed by atoms with Gasteiger partial charge in [0.25, 0.3) is 5.92 Å². The van der Waals surface area contributed by atoms with E-state index in [0.717, 1.165) is 37.7 Å². The van der Waals surface area contributed by atoms with Crippen LogP contribution in [-0.2, 0) is 25.0 Å². The summed E-state index contributed by atoms with van der Waals surface area (Å²) in [7, 11) is 2.53. The first-order chi connectivity index (χ1) is 31.1. The highest BCUT2D eigenvalue weighted by Gasteiger charge is 2.55. The van der Waals surface area contributed by atoms with Gasteiger partial charge in [-0.15, -0.1) is 0 Å². The lowest BCUT2D eigenvalue weighted by molar-refractivity contribution is -0.136. The molecule has 2 aliphatic heterocycles. The SMILES string of the molecule is CC[C@H]1CCN(C(=O)[C@@H](NC(=O)OC)C(C)C)[C@@H]1c1nc2ccc(-c3ccc4c(c3)C(F)(F)c3cc(-c5cnc([C@@H]6CC7(CC7)CN6C(=O)[C@@H](NC(=O)OC)C(C)C)[nH]5)ccc3-4)cc2[nH]1. The summed E-state index contributed by atoms with van der Waals surface area (Å²) in [5, 5.41) is 5.41. The average molecular weight is 891 g/mol. The number of carbonyl (C=O) groups excluding carboxylic acids is 4. The largest absolute Gasteiger partial charge is 0.453 e. The van der Waals surface area contributed by atoms with E-state index in [0.29, 0.717) is 63.7 Å². The molecule has 4 aliphatic rings. The highest BCUT2D eigenvalue weighted by Crippen LogP contribution is 2.59. The van der Waals surface area contributed by atoms with Crippen molar-refractivity contribution in [1.29, 1.82) is 0 Å². The minimum absolute atomic E-state index is 0.00876. The van der Waals surface area contributed by atoms with Crippen LogP contribution in [0.1, 0.15) is 102 Å². The molecule has 2 aliphatic carbocycles. The standard InChI is InChI=1S/C49H56F2N8O6/c1-8-27-15-18-58(44(60)39(25(2)3)56-46(62)64-6)41(27)43-53-35-14-11-29(21-36(35)54-43)28-9-12-31-32-13-10-30(20-34(32)49(50,51)33(31)19-28)37-23-52-42(55-37)38-22-48(16-17-48)24-59(38)45(61)40(26(4)5)57-47(63)65-7/h9-14,19-21,23,25-27,38-41H,8,15-18,22,24H2,1-7H3,(H,52,55)(H,53,54)(H,56,62)(H,57,63)/t27-,38-,39-,40-,41-/m0/s1. The van der Waals surface area contributed by atoms with Crippen molar-refractivity contribution in [2.24, 2.45) is 23.2 Å². The van der Waals surface area contributed by atoms with E-state index < -0.39 is 30.2 Å². The number of benzene rings is 3. The third-order valence-electron chi connectivity index (χ3n) is 14.2. The Morgan fingerprint density at radius 1 is 0.800 bits per heavy atom. The van der Waals surface area contributed by atoms with Gasteiger partial charge in [0.1, 0.15) is 23.7 Å². The lowest BCUT2D eigenvalue weighted by Crippen LogP contribution is -2.51. The van der Waals surface area contributed by atoms with Crippen LogP contribution in [0.5, 0.6) is 0 Å². The molecular formula is C49H56F2N8O6. The number of imidazole rings is 2. The van der Waals surface area contributed by atoms with Crippen LogP contribution in [0, 0.1) is 23.2 Å². The van der Waals surface area contributed by atoms with Crippen molar-refractivity contribution in [3.8, 4) is 33.5 Å². The maximum absolute atomic E-state index is 16.7. The summed E-state index contributed by atoms with van der Waals surface area (Å²) in [6, 6.07) is 13.6. The van der Waals surface area contributed by atoms with Crippen LogP contribution in [-0.4, -0.2) is 93.1 Å². The van der Waals surface area contributed by atoms with Crippen molar-refractivity contribution in [3.05, 3.63) is 83.6 Å². The predicted molar refractivity (Wildman–Crippen MR) is 239 cm³/mol. The number of nitrogens with zero attached hydrogens (tertiary/aromatic N) is 4. The van der Waals surface area contributed by atoms with Gasteiger partial charge in [-0.25, -0.2) is 19.6 Å². The molecule has 1 saturated carbocycles. The van der Waals surface area contributed by atoms with Gasteiger partial charge in [0.15, 0.2) is 0 Å². The van der Waals surface area contributed by atoms with E-state index in [1.54, 1.807) is 34.2 Å². The first-order valence-corrected chi connectivity index (χ1v) is 22.6. The summed E-state index contributed by atoms with van der Waals surface area (Å²) in [5.74, 6) is -2.69. The van der Waals surface area contributed by atoms with Crippen LogP contribution in [0.2, 0.25) is 0 Å². The number of halogens is 2. The molecule has 14 nitrogen and oxygen atoms in total. The van der Waals surface area contributed by atoms with Gasteiger partial charge >= 0.3 is 12.2 Å². The second-order valence-corrected chi connectivity index (χ2v) is 19.0. The lowest BCUT2D eigenvalue weighted by atomic mass is 9.96. The third kappa shape index (κ3) is 7.77. The molecule has 3 fully saturated rings. The molecule has 342 valence electrons. The summed E-state index contributed by atoms with van der Waals surface area (Å²) < 4.78 is 42.9. The number of hydrogen-bond donors (Lipinski definition) is 4. The Kier molecular flexibility index (Phi) is 11.2. The zero-order chi connectivity index (χ0) is 46.1. The molecule has 4 amide bonds. The average Bonchev–Trinajstić information content (AvgIpc) is 3.81. The molecule has 0 unspecified atom stereocenters. The number of fused-ring (bicyclic) bond motifs is 4. The Labute approximate surface area is 376 Å². The van der Waals surface area contributed by atoms with Crippen LogP contribution >= 0.6 is 0 Å². The van der Waals surface area contributed by atoms with Crippen molar-refractivity contribution >= 4 is 35.0 Å². The fourth-order valence-electron chi connectivity index (χ4n) is 10.3. The van der Waals surface area contributed by atoms with Crippen LogP contribution in [0.15, 0.2) is 60.8 Å². The van der Waals surface area contributed by atoms with E-state index in [-0.39, 0.29) is 58.2 Å². The number of H-pyrrole nitrogens is 2. The zero-order valence-electron chi connectivity index (χ0n) is 37.8. The number of alkyl halides is 2. The molecule has 0 bridgehead atoms. The highest BCUT2D eigenvalue weighted by molar-refractivity contribution is 5.89. The van der Waals surface area contributed by atoms with E-state index >= 15 is 8.78 Å². The summed E-state index contributed by atoms with van der Waals surface area (Å²) in [4.78, 5) is 72.3. The number of rotatable bonds is 11. The maximum Gasteiger partial charge on any atom is 0.407 e. The molecule has 4 N–H and O–H groups in total. The first kappa shape index (κ1) is 43.9. The number of ether oxygens (including phenoxy) is 2. The number of alkyl carbamates (subject to hydrolysis) is 2. The Hall–Kier alpha value is -6.32. The number of carbonyl (C=O) groups is 4. The first-order valence-electron chi connectivity index (χ1n) is 22.6. The normalized spacial score (nSPS) is 21.1. The Bertz CT molecular complexity index is 2690. The van der Waals surface area contributed by atoms with Crippen molar-refractivity contribution in [3.63, 3.8) is 0 Å². The summed E-state index contributed by atoms with van der Waals surface area (Å²) in [6.45, 7) is 10.7. The van der Waals surface area contributed by atoms with Crippen molar-refractivity contribution < 1.29 is 37.4 Å². The van der Waals surface area contributed by atoms with Gasteiger partial charge < -0.3 is 39.9 Å². The van der Waals surface area contributed by atoms with Crippen LogP contribution in [0.4, 0.5) is 18.4 Å². The van der Waals surface area contributed by atoms with Gasteiger partial charge in [-0.2, -0.15) is 8.78 Å². The molecule has 2 saturated heterocycles. The molecule has 0 radical (unpaired) electrons. The Morgan fingerprint density at radius 3 is 1.98 bits per heavy atom. The van der Waals surface area contributed by atoms with Gasteiger partial charge in [0.05, 0.1) is 49.2 Å². The van der Waals surface area contributed by atoms with Gasteiger partial charge in [-0.1, -0.05) is 71.4 Å². The number of nitrogens with one attached hydrogen (secondary N) is 4. The fraction of sp³-hybridized carbons (Fsp3) is 0.469. The van der Waals surface area contributed by atoms with E-state index in [1.807, 2.05) is 58.0 Å². The van der Waals surface area contributed by atoms with Crippen LogP contribution in [0.3, 0.4) is 0 Å². The van der Waals surface area contributed by atoms with Crippen molar-refractivity contribution in [2.75, 3.05) is 27.3 Å². The van der Waals surface area contributed by atoms with Crippen molar-refractivity contribution in [2.45, 2.75) is 96.8 Å². The number of amides is 4. The second kappa shape index (κ2) is 16.6. The molecule has 3 aromatic carbocycles.